The van der Waals surface area contributed by atoms with E-state index in [1.807, 2.05) is 48.5 Å². The van der Waals surface area contributed by atoms with Crippen molar-refractivity contribution in [3.63, 3.8) is 0 Å². The molecule has 0 saturated heterocycles. The van der Waals surface area contributed by atoms with Crippen LogP contribution in [0.2, 0.25) is 0 Å². The Hall–Kier alpha value is -2.47. The molecule has 24 heavy (non-hydrogen) atoms. The van der Waals surface area contributed by atoms with E-state index in [1.165, 1.54) is 11.8 Å². The molecule has 2 aromatic carbocycles. The van der Waals surface area contributed by atoms with Crippen LogP contribution in [-0.4, -0.2) is 24.2 Å². The summed E-state index contributed by atoms with van der Waals surface area (Å²) in [5.41, 5.74) is 1.66. The number of amides is 1. The number of thioether (sulfide) groups is 1. The number of hydrogen-bond acceptors (Lipinski definition) is 5. The number of methoxy groups -OCH3 is 1. The van der Waals surface area contributed by atoms with Crippen LogP contribution in [0.5, 0.6) is 5.75 Å². The van der Waals surface area contributed by atoms with Crippen LogP contribution in [-0.2, 0) is 20.9 Å². The van der Waals surface area contributed by atoms with E-state index in [0.29, 0.717) is 0 Å². The molecule has 1 N–H and O–H groups in total. The van der Waals surface area contributed by atoms with Crippen LogP contribution in [0, 0.1) is 0 Å². The summed E-state index contributed by atoms with van der Waals surface area (Å²) >= 11 is 1.39. The van der Waals surface area contributed by atoms with E-state index in [2.05, 4.69) is 5.32 Å². The predicted octanol–water partition coefficient (Wildman–Crippen LogP) is 3.24. The second-order valence-corrected chi connectivity index (χ2v) is 6.55. The van der Waals surface area contributed by atoms with Gasteiger partial charge in [0.2, 0.25) is 5.91 Å². The lowest BCUT2D eigenvalue weighted by Gasteiger charge is -2.23. The average Bonchev–Trinajstić information content (AvgIpc) is 2.61. The third-order valence-corrected chi connectivity index (χ3v) is 4.89. The summed E-state index contributed by atoms with van der Waals surface area (Å²) in [6.07, 6.45) is 0.0426. The van der Waals surface area contributed by atoms with Gasteiger partial charge in [-0.15, -0.1) is 11.8 Å². The topological polar surface area (TPSA) is 64.6 Å². The van der Waals surface area contributed by atoms with E-state index >= 15 is 0 Å². The number of fused-ring (bicyclic) bond motifs is 1. The summed E-state index contributed by atoms with van der Waals surface area (Å²) < 4.78 is 10.3. The highest BCUT2D eigenvalue weighted by atomic mass is 32.2. The summed E-state index contributed by atoms with van der Waals surface area (Å²) in [6.45, 7) is 0.179. The molecule has 124 valence electrons. The van der Waals surface area contributed by atoms with Gasteiger partial charge in [0.25, 0.3) is 0 Å². The van der Waals surface area contributed by atoms with Crippen LogP contribution >= 0.6 is 11.8 Å². The van der Waals surface area contributed by atoms with Crippen molar-refractivity contribution in [2.75, 3.05) is 12.4 Å². The molecule has 0 saturated carbocycles. The highest BCUT2D eigenvalue weighted by molar-refractivity contribution is 8.01. The van der Waals surface area contributed by atoms with Crippen LogP contribution < -0.4 is 10.1 Å². The van der Waals surface area contributed by atoms with Crippen molar-refractivity contribution in [1.29, 1.82) is 0 Å². The number of ether oxygens (including phenoxy) is 2. The van der Waals surface area contributed by atoms with E-state index in [0.717, 1.165) is 21.9 Å². The zero-order valence-corrected chi connectivity index (χ0v) is 14.0. The molecule has 0 aromatic heterocycles. The summed E-state index contributed by atoms with van der Waals surface area (Å²) in [6, 6.07) is 14.8. The molecule has 1 amide bonds. The molecule has 0 spiro atoms. The fraction of sp³-hybridized carbons (Fsp3) is 0.222. The predicted molar refractivity (Wildman–Crippen MR) is 92.1 cm³/mol. The molecule has 1 aliphatic heterocycles. The highest BCUT2D eigenvalue weighted by Gasteiger charge is 2.29. The minimum absolute atomic E-state index is 0.0426. The van der Waals surface area contributed by atoms with Crippen molar-refractivity contribution in [3.05, 3.63) is 54.1 Å². The number of carbonyl (C=O) groups excluding carboxylic acids is 2. The molecular formula is C18H17NO4S. The van der Waals surface area contributed by atoms with Gasteiger partial charge in [0.15, 0.2) is 0 Å². The quantitative estimate of drug-likeness (QED) is 0.845. The van der Waals surface area contributed by atoms with Crippen LogP contribution in [0.15, 0.2) is 53.4 Å². The minimum Gasteiger partial charge on any atom is -0.497 e. The first kappa shape index (κ1) is 16.4. The molecule has 3 rings (SSSR count). The van der Waals surface area contributed by atoms with Crippen LogP contribution in [0.1, 0.15) is 12.0 Å². The molecular weight excluding hydrogens is 326 g/mol. The van der Waals surface area contributed by atoms with Crippen LogP contribution in [0.25, 0.3) is 0 Å². The largest absolute Gasteiger partial charge is 0.497 e. The highest BCUT2D eigenvalue weighted by Crippen LogP contribution is 2.36. The lowest BCUT2D eigenvalue weighted by Crippen LogP contribution is -2.31. The second-order valence-electron chi connectivity index (χ2n) is 5.30. The molecule has 1 aliphatic rings. The monoisotopic (exact) mass is 343 g/mol. The van der Waals surface area contributed by atoms with Crippen molar-refractivity contribution in [1.82, 2.24) is 0 Å². The SMILES string of the molecule is COc1ccc(COC(=O)CC2Sc3ccccc3NC2=O)cc1. The number of esters is 1. The third-order valence-electron chi connectivity index (χ3n) is 3.62. The third kappa shape index (κ3) is 3.89. The number of rotatable bonds is 5. The molecule has 0 bridgehead atoms. The Bertz CT molecular complexity index is 745. The number of nitrogens with one attached hydrogen (secondary N) is 1. The van der Waals surface area contributed by atoms with E-state index in [4.69, 9.17) is 9.47 Å². The number of anilines is 1. The van der Waals surface area contributed by atoms with Crippen molar-refractivity contribution >= 4 is 29.3 Å². The molecule has 1 atom stereocenters. The van der Waals surface area contributed by atoms with Gasteiger partial charge in [0.1, 0.15) is 12.4 Å². The summed E-state index contributed by atoms with van der Waals surface area (Å²) in [4.78, 5) is 25.1. The van der Waals surface area contributed by atoms with Gasteiger partial charge >= 0.3 is 5.97 Å². The van der Waals surface area contributed by atoms with Gasteiger partial charge in [0, 0.05) is 4.90 Å². The Balaban J connectivity index is 1.54. The van der Waals surface area contributed by atoms with Gasteiger partial charge < -0.3 is 14.8 Å². The van der Waals surface area contributed by atoms with Crippen LogP contribution in [0.4, 0.5) is 5.69 Å². The van der Waals surface area contributed by atoms with Crippen LogP contribution in [0.3, 0.4) is 0 Å². The summed E-state index contributed by atoms with van der Waals surface area (Å²) in [5, 5.41) is 2.35. The van der Waals surface area contributed by atoms with Crippen molar-refractivity contribution in [2.45, 2.75) is 23.2 Å². The first-order chi connectivity index (χ1) is 11.7. The molecule has 0 fully saturated rings. The van der Waals surface area contributed by atoms with Gasteiger partial charge in [-0.2, -0.15) is 0 Å². The molecule has 1 heterocycles. The molecule has 0 aliphatic carbocycles. The smallest absolute Gasteiger partial charge is 0.307 e. The first-order valence-corrected chi connectivity index (χ1v) is 8.39. The maximum atomic E-state index is 12.1. The maximum Gasteiger partial charge on any atom is 0.307 e. The number of carbonyl (C=O) groups is 2. The fourth-order valence-electron chi connectivity index (χ4n) is 2.32. The normalized spacial score (nSPS) is 16.0. The van der Waals surface area contributed by atoms with Gasteiger partial charge in [-0.1, -0.05) is 24.3 Å². The Morgan fingerprint density at radius 3 is 2.67 bits per heavy atom. The molecule has 5 nitrogen and oxygen atoms in total. The van der Waals surface area contributed by atoms with E-state index in [1.54, 1.807) is 7.11 Å². The van der Waals surface area contributed by atoms with E-state index < -0.39 is 11.2 Å². The van der Waals surface area contributed by atoms with Gasteiger partial charge in [-0.3, -0.25) is 9.59 Å². The maximum absolute atomic E-state index is 12.1. The van der Waals surface area contributed by atoms with Crippen molar-refractivity contribution in [3.8, 4) is 5.75 Å². The molecule has 1 unspecified atom stereocenters. The standard InChI is InChI=1S/C18H17NO4S/c1-22-13-8-6-12(7-9-13)11-23-17(20)10-16-18(21)19-14-4-2-3-5-15(14)24-16/h2-9,16H,10-11H2,1H3,(H,19,21). The number of para-hydroxylation sites is 1. The average molecular weight is 343 g/mol. The van der Waals surface area contributed by atoms with Gasteiger partial charge in [-0.05, 0) is 29.8 Å². The van der Waals surface area contributed by atoms with Gasteiger partial charge in [-0.25, -0.2) is 0 Å². The number of hydrogen-bond donors (Lipinski definition) is 1. The van der Waals surface area contributed by atoms with E-state index in [9.17, 15) is 9.59 Å². The zero-order chi connectivity index (χ0) is 16.9. The first-order valence-electron chi connectivity index (χ1n) is 7.51. The molecule has 2 aromatic rings. The second kappa shape index (κ2) is 7.40. The van der Waals surface area contributed by atoms with Gasteiger partial charge in [0.05, 0.1) is 24.5 Å². The van der Waals surface area contributed by atoms with E-state index in [-0.39, 0.29) is 18.9 Å². The fourth-order valence-corrected chi connectivity index (χ4v) is 3.42. The zero-order valence-electron chi connectivity index (χ0n) is 13.2. The lowest BCUT2D eigenvalue weighted by molar-refractivity contribution is -0.145. The Kier molecular flexibility index (Phi) is 5.05. The molecule has 6 heteroatoms. The Morgan fingerprint density at radius 2 is 1.92 bits per heavy atom. The van der Waals surface area contributed by atoms with Crippen molar-refractivity contribution in [2.24, 2.45) is 0 Å². The summed E-state index contributed by atoms with van der Waals surface area (Å²) in [7, 11) is 1.60. The Morgan fingerprint density at radius 1 is 1.17 bits per heavy atom. The summed E-state index contributed by atoms with van der Waals surface area (Å²) in [5.74, 6) is 0.192. The number of benzene rings is 2. The lowest BCUT2D eigenvalue weighted by atomic mass is 10.2. The van der Waals surface area contributed by atoms with Crippen molar-refractivity contribution < 1.29 is 19.1 Å². The minimum atomic E-state index is -0.469. The Labute approximate surface area is 144 Å². The molecule has 0 radical (unpaired) electrons.